The first-order valence-electron chi connectivity index (χ1n) is 7.68. The summed E-state index contributed by atoms with van der Waals surface area (Å²) in [6.07, 6.45) is 0. The third kappa shape index (κ3) is 3.66. The van der Waals surface area contributed by atoms with Gasteiger partial charge in [-0.1, -0.05) is 24.3 Å². The Balaban J connectivity index is 1.88. The molecule has 0 atom stereocenters. The number of rotatable bonds is 5. The highest BCUT2D eigenvalue weighted by atomic mass is 79.9. The number of benzene rings is 2. The molecule has 0 spiro atoms. The topological polar surface area (TPSA) is 50.2 Å². The quantitative estimate of drug-likeness (QED) is 0.729. The van der Waals surface area contributed by atoms with Crippen LogP contribution in [0.5, 0.6) is 0 Å². The summed E-state index contributed by atoms with van der Waals surface area (Å²) in [5.74, 6) is 0.800. The number of hydrogen-bond donors (Lipinski definition) is 1. The Hall–Kier alpha value is -2.18. The van der Waals surface area contributed by atoms with Crippen LogP contribution < -0.4 is 5.32 Å². The van der Waals surface area contributed by atoms with Crippen LogP contribution >= 0.6 is 15.9 Å². The lowest BCUT2D eigenvalue weighted by molar-refractivity contribution is -0.116. The summed E-state index contributed by atoms with van der Waals surface area (Å²) >= 11 is 3.45. The number of nitrogens with zero attached hydrogens (tertiary/aromatic N) is 3. The molecule has 5 nitrogen and oxygen atoms in total. The maximum atomic E-state index is 12.5. The molecule has 0 radical (unpaired) electrons. The number of para-hydroxylation sites is 3. The standard InChI is InChI=1S/C18H19BrN4O/c1-22(2)11-17-20-15-9-5-6-10-16(15)23(17)12-18(24)21-14-8-4-3-7-13(14)19/h3-10H,11-12H2,1-2H3,(H,21,24). The first kappa shape index (κ1) is 16.7. The number of hydrogen-bond acceptors (Lipinski definition) is 3. The molecule has 0 unspecified atom stereocenters. The van der Waals surface area contributed by atoms with E-state index in [-0.39, 0.29) is 12.5 Å². The maximum Gasteiger partial charge on any atom is 0.244 e. The molecule has 3 rings (SSSR count). The lowest BCUT2D eigenvalue weighted by atomic mass is 10.3. The molecule has 0 aliphatic heterocycles. The predicted molar refractivity (Wildman–Crippen MR) is 99.9 cm³/mol. The van der Waals surface area contributed by atoms with E-state index >= 15 is 0 Å². The fourth-order valence-electron chi connectivity index (χ4n) is 2.60. The first-order valence-corrected chi connectivity index (χ1v) is 8.47. The van der Waals surface area contributed by atoms with E-state index in [2.05, 4.69) is 26.2 Å². The molecule has 2 aromatic carbocycles. The fourth-order valence-corrected chi connectivity index (χ4v) is 2.99. The SMILES string of the molecule is CN(C)Cc1nc2ccccc2n1CC(=O)Nc1ccccc1Br. The molecule has 0 bridgehead atoms. The van der Waals surface area contributed by atoms with Crippen molar-refractivity contribution < 1.29 is 4.79 Å². The summed E-state index contributed by atoms with van der Waals surface area (Å²) < 4.78 is 2.84. The molecule has 1 heterocycles. The zero-order valence-electron chi connectivity index (χ0n) is 13.7. The molecular formula is C18H19BrN4O. The van der Waals surface area contributed by atoms with Crippen LogP contribution in [0.25, 0.3) is 11.0 Å². The van der Waals surface area contributed by atoms with Gasteiger partial charge in [-0.3, -0.25) is 4.79 Å². The van der Waals surface area contributed by atoms with E-state index in [1.807, 2.05) is 72.1 Å². The van der Waals surface area contributed by atoms with E-state index in [4.69, 9.17) is 0 Å². The lowest BCUT2D eigenvalue weighted by Crippen LogP contribution is -2.22. The summed E-state index contributed by atoms with van der Waals surface area (Å²) in [5, 5.41) is 2.95. The van der Waals surface area contributed by atoms with Gasteiger partial charge in [0.15, 0.2) is 0 Å². The van der Waals surface area contributed by atoms with Crippen molar-refractivity contribution in [2.45, 2.75) is 13.1 Å². The van der Waals surface area contributed by atoms with Crippen molar-refractivity contribution in [1.82, 2.24) is 14.5 Å². The number of amides is 1. The minimum absolute atomic E-state index is 0.0786. The van der Waals surface area contributed by atoms with Crippen LogP contribution in [0.2, 0.25) is 0 Å². The van der Waals surface area contributed by atoms with Crippen molar-refractivity contribution in [3.63, 3.8) is 0 Å². The average Bonchev–Trinajstić information content (AvgIpc) is 2.86. The maximum absolute atomic E-state index is 12.5. The van der Waals surface area contributed by atoms with Crippen molar-refractivity contribution in [1.29, 1.82) is 0 Å². The Morgan fingerprint density at radius 3 is 2.62 bits per heavy atom. The van der Waals surface area contributed by atoms with E-state index in [1.165, 1.54) is 0 Å². The molecule has 1 amide bonds. The molecular weight excluding hydrogens is 368 g/mol. The summed E-state index contributed by atoms with van der Waals surface area (Å²) in [6.45, 7) is 0.905. The number of imidazole rings is 1. The van der Waals surface area contributed by atoms with Crippen LogP contribution in [0.4, 0.5) is 5.69 Å². The summed E-state index contributed by atoms with van der Waals surface area (Å²) in [6, 6.07) is 15.5. The lowest BCUT2D eigenvalue weighted by Gasteiger charge is -2.13. The summed E-state index contributed by atoms with van der Waals surface area (Å²) in [4.78, 5) is 19.2. The van der Waals surface area contributed by atoms with Crippen molar-refractivity contribution >= 4 is 38.6 Å². The Labute approximate surface area is 149 Å². The Morgan fingerprint density at radius 2 is 1.88 bits per heavy atom. The Bertz CT molecular complexity index is 872. The number of carbonyl (C=O) groups excluding carboxylic acids is 1. The molecule has 0 aliphatic rings. The number of halogens is 1. The van der Waals surface area contributed by atoms with Crippen LogP contribution in [-0.2, 0) is 17.9 Å². The third-order valence-electron chi connectivity index (χ3n) is 3.64. The fraction of sp³-hybridized carbons (Fsp3) is 0.222. The van der Waals surface area contributed by atoms with Gasteiger partial charge in [0.1, 0.15) is 12.4 Å². The molecule has 0 aliphatic carbocycles. The minimum atomic E-state index is -0.0786. The van der Waals surface area contributed by atoms with Crippen LogP contribution in [0.1, 0.15) is 5.82 Å². The first-order chi connectivity index (χ1) is 11.5. The van der Waals surface area contributed by atoms with Gasteiger partial charge in [0.2, 0.25) is 5.91 Å². The van der Waals surface area contributed by atoms with Crippen molar-refractivity contribution in [2.24, 2.45) is 0 Å². The highest BCUT2D eigenvalue weighted by Crippen LogP contribution is 2.22. The highest BCUT2D eigenvalue weighted by molar-refractivity contribution is 9.10. The second-order valence-corrected chi connectivity index (χ2v) is 6.72. The van der Waals surface area contributed by atoms with E-state index < -0.39 is 0 Å². The number of anilines is 1. The van der Waals surface area contributed by atoms with Gasteiger partial charge < -0.3 is 14.8 Å². The van der Waals surface area contributed by atoms with Crippen LogP contribution in [0, 0.1) is 0 Å². The number of nitrogens with one attached hydrogen (secondary N) is 1. The molecule has 0 saturated heterocycles. The number of aromatic nitrogens is 2. The highest BCUT2D eigenvalue weighted by Gasteiger charge is 2.14. The molecule has 124 valence electrons. The van der Waals surface area contributed by atoms with Crippen molar-refractivity contribution in [3.8, 4) is 0 Å². The second kappa shape index (κ2) is 7.15. The van der Waals surface area contributed by atoms with Gasteiger partial charge in [-0.2, -0.15) is 0 Å². The zero-order valence-corrected chi connectivity index (χ0v) is 15.2. The van der Waals surface area contributed by atoms with Gasteiger partial charge >= 0.3 is 0 Å². The number of fused-ring (bicyclic) bond motifs is 1. The molecule has 1 N–H and O–H groups in total. The van der Waals surface area contributed by atoms with E-state index in [0.717, 1.165) is 27.0 Å². The van der Waals surface area contributed by atoms with E-state index in [1.54, 1.807) is 0 Å². The second-order valence-electron chi connectivity index (χ2n) is 5.87. The van der Waals surface area contributed by atoms with Crippen molar-refractivity contribution in [2.75, 3.05) is 19.4 Å². The van der Waals surface area contributed by atoms with Crippen LogP contribution in [0.15, 0.2) is 53.0 Å². The van der Waals surface area contributed by atoms with Gasteiger partial charge in [0, 0.05) is 4.47 Å². The van der Waals surface area contributed by atoms with E-state index in [0.29, 0.717) is 6.54 Å². The largest absolute Gasteiger partial charge is 0.324 e. The Morgan fingerprint density at radius 1 is 1.17 bits per heavy atom. The molecule has 1 aromatic heterocycles. The van der Waals surface area contributed by atoms with Crippen molar-refractivity contribution in [3.05, 3.63) is 58.8 Å². The minimum Gasteiger partial charge on any atom is -0.324 e. The normalized spacial score (nSPS) is 11.2. The molecule has 6 heteroatoms. The smallest absolute Gasteiger partial charge is 0.244 e. The van der Waals surface area contributed by atoms with Gasteiger partial charge in [-0.05, 0) is 54.3 Å². The summed E-state index contributed by atoms with van der Waals surface area (Å²) in [5.41, 5.74) is 2.64. The van der Waals surface area contributed by atoms with Gasteiger partial charge in [-0.25, -0.2) is 4.98 Å². The monoisotopic (exact) mass is 386 g/mol. The van der Waals surface area contributed by atoms with E-state index in [9.17, 15) is 4.79 Å². The Kier molecular flexibility index (Phi) is 4.97. The van der Waals surface area contributed by atoms with Gasteiger partial charge in [0.25, 0.3) is 0 Å². The van der Waals surface area contributed by atoms with Gasteiger partial charge in [0.05, 0.1) is 23.3 Å². The third-order valence-corrected chi connectivity index (χ3v) is 4.33. The summed E-state index contributed by atoms with van der Waals surface area (Å²) in [7, 11) is 3.98. The molecule has 24 heavy (non-hydrogen) atoms. The molecule has 0 saturated carbocycles. The molecule has 3 aromatic rings. The van der Waals surface area contributed by atoms with Gasteiger partial charge in [-0.15, -0.1) is 0 Å². The average molecular weight is 387 g/mol. The predicted octanol–water partition coefficient (Wildman–Crippen LogP) is 3.50. The van der Waals surface area contributed by atoms with Crippen LogP contribution in [0.3, 0.4) is 0 Å². The van der Waals surface area contributed by atoms with Crippen LogP contribution in [-0.4, -0.2) is 34.5 Å². The molecule has 0 fully saturated rings. The zero-order chi connectivity index (χ0) is 17.1. The number of carbonyl (C=O) groups is 1.